The van der Waals surface area contributed by atoms with Crippen LogP contribution in [0.3, 0.4) is 0 Å². The second-order valence-corrected chi connectivity index (χ2v) is 4.67. The van der Waals surface area contributed by atoms with Crippen molar-refractivity contribution in [2.24, 2.45) is 0 Å². The van der Waals surface area contributed by atoms with Crippen LogP contribution in [0.4, 0.5) is 0 Å². The molecule has 2 aromatic carbocycles. The lowest BCUT2D eigenvalue weighted by atomic mass is 9.95. The summed E-state index contributed by atoms with van der Waals surface area (Å²) in [7, 11) is 0. The largest absolute Gasteiger partial charge is 0.300 e. The molecule has 2 nitrogen and oxygen atoms in total. The molecule has 2 aromatic rings. The molecular weight excluding hydrogens is 236 g/mol. The normalized spacial score (nSPS) is 10.2. The molecule has 0 aliphatic carbocycles. The number of hydrogen-bond acceptors (Lipinski definition) is 2. The van der Waals surface area contributed by atoms with Crippen LogP contribution in [0.2, 0.25) is 0 Å². The van der Waals surface area contributed by atoms with Crippen molar-refractivity contribution in [2.75, 3.05) is 0 Å². The van der Waals surface area contributed by atoms with Gasteiger partial charge in [0, 0.05) is 12.0 Å². The molecule has 0 saturated carbocycles. The lowest BCUT2D eigenvalue weighted by Gasteiger charge is -2.08. The van der Waals surface area contributed by atoms with Crippen molar-refractivity contribution >= 4 is 11.6 Å². The van der Waals surface area contributed by atoms with Crippen LogP contribution in [-0.4, -0.2) is 11.6 Å². The van der Waals surface area contributed by atoms with Gasteiger partial charge in [0.15, 0.2) is 5.78 Å². The predicted molar refractivity (Wildman–Crippen MR) is 76.3 cm³/mol. The SMILES string of the molecule is CC(=O)Cc1ccccc1-c1ccc(C(C)=O)cc1. The number of carbonyl (C=O) groups is 2. The molecule has 0 atom stereocenters. The zero-order valence-corrected chi connectivity index (χ0v) is 11.1. The molecule has 0 heterocycles. The molecule has 2 rings (SSSR count). The first-order valence-corrected chi connectivity index (χ1v) is 6.26. The van der Waals surface area contributed by atoms with Gasteiger partial charge >= 0.3 is 0 Å². The van der Waals surface area contributed by atoms with Crippen molar-refractivity contribution in [3.05, 3.63) is 59.7 Å². The van der Waals surface area contributed by atoms with Crippen LogP contribution in [0.1, 0.15) is 29.8 Å². The first kappa shape index (κ1) is 13.2. The Morgan fingerprint density at radius 3 is 2.11 bits per heavy atom. The Kier molecular flexibility index (Phi) is 3.91. The minimum atomic E-state index is 0.0589. The quantitative estimate of drug-likeness (QED) is 0.778. The van der Waals surface area contributed by atoms with E-state index in [4.69, 9.17) is 0 Å². The molecule has 0 aromatic heterocycles. The van der Waals surface area contributed by atoms with Crippen LogP contribution in [0.25, 0.3) is 11.1 Å². The highest BCUT2D eigenvalue weighted by atomic mass is 16.1. The Balaban J connectivity index is 2.41. The second kappa shape index (κ2) is 5.61. The van der Waals surface area contributed by atoms with Crippen molar-refractivity contribution in [1.82, 2.24) is 0 Å². The summed E-state index contributed by atoms with van der Waals surface area (Å²) in [6, 6.07) is 15.4. The fourth-order valence-corrected chi connectivity index (χ4v) is 2.11. The van der Waals surface area contributed by atoms with Gasteiger partial charge in [0.25, 0.3) is 0 Å². The van der Waals surface area contributed by atoms with Crippen LogP contribution >= 0.6 is 0 Å². The van der Waals surface area contributed by atoms with E-state index in [1.54, 1.807) is 13.8 Å². The fourth-order valence-electron chi connectivity index (χ4n) is 2.11. The van der Waals surface area contributed by atoms with Gasteiger partial charge in [0.1, 0.15) is 5.78 Å². The van der Waals surface area contributed by atoms with Crippen molar-refractivity contribution in [1.29, 1.82) is 0 Å². The average molecular weight is 252 g/mol. The van der Waals surface area contributed by atoms with Gasteiger partial charge in [-0.15, -0.1) is 0 Å². The van der Waals surface area contributed by atoms with E-state index in [1.807, 2.05) is 48.5 Å². The van der Waals surface area contributed by atoms with Gasteiger partial charge < -0.3 is 0 Å². The van der Waals surface area contributed by atoms with E-state index < -0.39 is 0 Å². The highest BCUT2D eigenvalue weighted by molar-refractivity contribution is 5.94. The number of rotatable bonds is 4. The lowest BCUT2D eigenvalue weighted by molar-refractivity contribution is -0.116. The Morgan fingerprint density at radius 2 is 1.53 bits per heavy atom. The predicted octanol–water partition coefficient (Wildman–Crippen LogP) is 3.69. The summed E-state index contributed by atoms with van der Waals surface area (Å²) in [6.45, 7) is 3.15. The molecule has 0 saturated heterocycles. The highest BCUT2D eigenvalue weighted by Crippen LogP contribution is 2.24. The van der Waals surface area contributed by atoms with E-state index in [9.17, 15) is 9.59 Å². The summed E-state index contributed by atoms with van der Waals surface area (Å²) < 4.78 is 0. The monoisotopic (exact) mass is 252 g/mol. The van der Waals surface area contributed by atoms with Gasteiger partial charge in [-0.3, -0.25) is 9.59 Å². The minimum Gasteiger partial charge on any atom is -0.300 e. The van der Waals surface area contributed by atoms with Gasteiger partial charge in [0.2, 0.25) is 0 Å². The van der Waals surface area contributed by atoms with Crippen LogP contribution in [0.5, 0.6) is 0 Å². The third-order valence-corrected chi connectivity index (χ3v) is 3.06. The summed E-state index contributed by atoms with van der Waals surface area (Å²) in [5, 5.41) is 0. The van der Waals surface area contributed by atoms with Gasteiger partial charge in [-0.25, -0.2) is 0 Å². The standard InChI is InChI=1S/C17H16O2/c1-12(18)11-16-5-3-4-6-17(16)15-9-7-14(8-10-15)13(2)19/h3-10H,11H2,1-2H3. The van der Waals surface area contributed by atoms with E-state index in [0.29, 0.717) is 12.0 Å². The van der Waals surface area contributed by atoms with Gasteiger partial charge in [0.05, 0.1) is 0 Å². The Labute approximate surface area is 113 Å². The fraction of sp³-hybridized carbons (Fsp3) is 0.176. The number of carbonyl (C=O) groups excluding carboxylic acids is 2. The van der Waals surface area contributed by atoms with Crippen LogP contribution in [0, 0.1) is 0 Å². The van der Waals surface area contributed by atoms with Crippen LogP contribution in [0.15, 0.2) is 48.5 Å². The van der Waals surface area contributed by atoms with Crippen molar-refractivity contribution in [2.45, 2.75) is 20.3 Å². The molecule has 0 amide bonds. The van der Waals surface area contributed by atoms with Crippen LogP contribution < -0.4 is 0 Å². The second-order valence-electron chi connectivity index (χ2n) is 4.67. The summed E-state index contributed by atoms with van der Waals surface area (Å²) in [6.07, 6.45) is 0.435. The third-order valence-electron chi connectivity index (χ3n) is 3.06. The molecule has 2 heteroatoms. The highest BCUT2D eigenvalue weighted by Gasteiger charge is 2.07. The number of hydrogen-bond donors (Lipinski definition) is 0. The van der Waals surface area contributed by atoms with E-state index in [2.05, 4.69) is 0 Å². The molecule has 0 radical (unpaired) electrons. The van der Waals surface area contributed by atoms with Crippen molar-refractivity contribution < 1.29 is 9.59 Å². The Morgan fingerprint density at radius 1 is 0.895 bits per heavy atom. The maximum absolute atomic E-state index is 11.3. The Hall–Kier alpha value is -2.22. The molecule has 0 spiro atoms. The molecule has 19 heavy (non-hydrogen) atoms. The van der Waals surface area contributed by atoms with Gasteiger partial charge in [-0.2, -0.15) is 0 Å². The van der Waals surface area contributed by atoms with Crippen LogP contribution in [-0.2, 0) is 11.2 Å². The maximum Gasteiger partial charge on any atom is 0.159 e. The first-order valence-electron chi connectivity index (χ1n) is 6.26. The number of benzene rings is 2. The summed E-state index contributed by atoms with van der Waals surface area (Å²) in [4.78, 5) is 22.6. The number of ketones is 2. The molecule has 0 aliphatic rings. The lowest BCUT2D eigenvalue weighted by Crippen LogP contribution is -1.98. The molecule has 96 valence electrons. The molecule has 0 N–H and O–H groups in total. The zero-order valence-electron chi connectivity index (χ0n) is 11.1. The van der Waals surface area contributed by atoms with E-state index in [-0.39, 0.29) is 11.6 Å². The first-order chi connectivity index (χ1) is 9.08. The Bertz CT molecular complexity index is 609. The average Bonchev–Trinajstić information content (AvgIpc) is 2.39. The smallest absolute Gasteiger partial charge is 0.159 e. The van der Waals surface area contributed by atoms with E-state index >= 15 is 0 Å². The zero-order chi connectivity index (χ0) is 13.8. The molecule has 0 unspecified atom stereocenters. The topological polar surface area (TPSA) is 34.1 Å². The molecule has 0 aliphatic heterocycles. The third kappa shape index (κ3) is 3.16. The van der Waals surface area contributed by atoms with Crippen molar-refractivity contribution in [3.8, 4) is 11.1 Å². The molecule has 0 bridgehead atoms. The number of Topliss-reactive ketones (excluding diaryl/α,β-unsaturated/α-hetero) is 2. The molecule has 0 fully saturated rings. The van der Waals surface area contributed by atoms with Gasteiger partial charge in [-0.1, -0.05) is 48.5 Å². The summed E-state index contributed by atoms with van der Waals surface area (Å²) in [5.41, 5.74) is 3.80. The summed E-state index contributed by atoms with van der Waals surface area (Å²) in [5.74, 6) is 0.205. The minimum absolute atomic E-state index is 0.0589. The van der Waals surface area contributed by atoms with Crippen molar-refractivity contribution in [3.63, 3.8) is 0 Å². The molecular formula is C17H16O2. The maximum atomic E-state index is 11.3. The van der Waals surface area contributed by atoms with E-state index in [1.165, 1.54) is 0 Å². The van der Waals surface area contributed by atoms with Gasteiger partial charge in [-0.05, 0) is 30.5 Å². The summed E-state index contributed by atoms with van der Waals surface area (Å²) >= 11 is 0. The van der Waals surface area contributed by atoms with E-state index in [0.717, 1.165) is 16.7 Å².